The second-order valence-electron chi connectivity index (χ2n) is 7.24. The average molecular weight is 385 g/mol. The second-order valence-corrected chi connectivity index (χ2v) is 8.19. The van der Waals surface area contributed by atoms with Crippen LogP contribution in [0.3, 0.4) is 0 Å². The Morgan fingerprint density at radius 1 is 1.33 bits per heavy atom. The van der Waals surface area contributed by atoms with Crippen LogP contribution < -0.4 is 5.32 Å². The zero-order valence-corrected chi connectivity index (χ0v) is 17.0. The van der Waals surface area contributed by atoms with Gasteiger partial charge >= 0.3 is 0 Å². The quantitative estimate of drug-likeness (QED) is 0.573. The van der Waals surface area contributed by atoms with Crippen molar-refractivity contribution in [3.05, 3.63) is 42.5 Å². The minimum absolute atomic E-state index is 0.0735. The van der Waals surface area contributed by atoms with Crippen molar-refractivity contribution >= 4 is 17.7 Å². The lowest BCUT2D eigenvalue weighted by Gasteiger charge is -2.29. The van der Waals surface area contributed by atoms with E-state index in [0.717, 1.165) is 28.5 Å². The molecule has 0 spiro atoms. The number of nitrogens with one attached hydrogen (secondary N) is 1. The van der Waals surface area contributed by atoms with E-state index >= 15 is 0 Å². The van der Waals surface area contributed by atoms with E-state index in [0.29, 0.717) is 24.3 Å². The summed E-state index contributed by atoms with van der Waals surface area (Å²) in [4.78, 5) is 12.4. The molecule has 0 bridgehead atoms. The molecular weight excluding hydrogens is 356 g/mol. The molecule has 5 nitrogen and oxygen atoms in total. The van der Waals surface area contributed by atoms with Gasteiger partial charge in [0.15, 0.2) is 11.0 Å². The molecule has 2 atom stereocenters. The Hall–Kier alpha value is -2.08. The highest BCUT2D eigenvalue weighted by Gasteiger charge is 2.23. The van der Waals surface area contributed by atoms with Crippen LogP contribution in [0.5, 0.6) is 0 Å². The van der Waals surface area contributed by atoms with Gasteiger partial charge in [-0.3, -0.25) is 9.36 Å². The van der Waals surface area contributed by atoms with Gasteiger partial charge in [0.05, 0.1) is 5.75 Å². The van der Waals surface area contributed by atoms with E-state index in [1.165, 1.54) is 31.0 Å². The fourth-order valence-corrected chi connectivity index (χ4v) is 4.38. The lowest BCUT2D eigenvalue weighted by atomic mass is 9.86. The minimum Gasteiger partial charge on any atom is -0.352 e. The van der Waals surface area contributed by atoms with Gasteiger partial charge in [-0.05, 0) is 31.2 Å². The number of hydrogen-bond donors (Lipinski definition) is 1. The third-order valence-electron chi connectivity index (χ3n) is 5.20. The number of nitrogens with zero attached hydrogens (tertiary/aromatic N) is 3. The first kappa shape index (κ1) is 19.7. The van der Waals surface area contributed by atoms with E-state index in [-0.39, 0.29) is 5.91 Å². The summed E-state index contributed by atoms with van der Waals surface area (Å²) >= 11 is 1.44. The molecule has 2 aromatic rings. The molecule has 3 rings (SSSR count). The number of hydrogen-bond acceptors (Lipinski definition) is 4. The van der Waals surface area contributed by atoms with Crippen molar-refractivity contribution < 1.29 is 4.79 Å². The Labute approximate surface area is 165 Å². The number of allylic oxidation sites excluding steroid dienone is 1. The van der Waals surface area contributed by atoms with Gasteiger partial charge in [-0.2, -0.15) is 0 Å². The summed E-state index contributed by atoms with van der Waals surface area (Å²) in [7, 11) is 0. The number of aromatic nitrogens is 3. The molecule has 1 N–H and O–H groups in total. The molecule has 0 radical (unpaired) electrons. The van der Waals surface area contributed by atoms with E-state index in [1.54, 1.807) is 0 Å². The Balaban J connectivity index is 1.69. The van der Waals surface area contributed by atoms with Crippen molar-refractivity contribution in [2.75, 3.05) is 5.75 Å². The van der Waals surface area contributed by atoms with Crippen LogP contribution in [0.1, 0.15) is 38.2 Å². The number of thioether (sulfide) groups is 1. The number of amides is 1. The van der Waals surface area contributed by atoms with Crippen LogP contribution in [0.25, 0.3) is 11.4 Å². The summed E-state index contributed by atoms with van der Waals surface area (Å²) in [5.41, 5.74) is 2.20. The number of carbonyl (C=O) groups excluding carboxylic acids is 1. The highest BCUT2D eigenvalue weighted by Crippen LogP contribution is 2.27. The molecule has 1 aromatic carbocycles. The fraction of sp³-hybridized carbons (Fsp3) is 0.476. The Morgan fingerprint density at radius 2 is 2.11 bits per heavy atom. The van der Waals surface area contributed by atoms with E-state index < -0.39 is 0 Å². The average Bonchev–Trinajstić information content (AvgIpc) is 3.05. The molecule has 1 aliphatic carbocycles. The Morgan fingerprint density at radius 3 is 2.85 bits per heavy atom. The largest absolute Gasteiger partial charge is 0.352 e. The molecule has 27 heavy (non-hydrogen) atoms. The molecule has 1 saturated carbocycles. The van der Waals surface area contributed by atoms with E-state index in [1.807, 2.05) is 28.8 Å². The molecule has 0 saturated heterocycles. The van der Waals surface area contributed by atoms with Gasteiger partial charge < -0.3 is 5.32 Å². The van der Waals surface area contributed by atoms with Crippen molar-refractivity contribution in [3.63, 3.8) is 0 Å². The maximum atomic E-state index is 12.4. The topological polar surface area (TPSA) is 59.8 Å². The van der Waals surface area contributed by atoms with Gasteiger partial charge in [-0.25, -0.2) is 0 Å². The number of rotatable bonds is 7. The summed E-state index contributed by atoms with van der Waals surface area (Å²) in [6, 6.07) is 8.43. The normalized spacial score (nSPS) is 19.6. The molecule has 6 heteroatoms. The number of carbonyl (C=O) groups is 1. The third kappa shape index (κ3) is 4.80. The highest BCUT2D eigenvalue weighted by atomic mass is 32.2. The maximum absolute atomic E-state index is 12.4. The van der Waals surface area contributed by atoms with Crippen LogP contribution in [-0.4, -0.2) is 32.5 Å². The van der Waals surface area contributed by atoms with Crippen LogP contribution in [0.15, 0.2) is 42.1 Å². The molecule has 1 heterocycles. The van der Waals surface area contributed by atoms with Crippen LogP contribution >= 0.6 is 11.8 Å². The van der Waals surface area contributed by atoms with E-state index in [4.69, 9.17) is 0 Å². The summed E-state index contributed by atoms with van der Waals surface area (Å²) < 4.78 is 2.02. The SMILES string of the molecule is C=CCn1c(SCC(=O)N[C@H]2CCCC[C@H]2C)nnc1-c1ccccc1C. The first-order valence-electron chi connectivity index (χ1n) is 9.62. The predicted octanol–water partition coefficient (Wildman–Crippen LogP) is 4.23. The van der Waals surface area contributed by atoms with E-state index in [9.17, 15) is 4.79 Å². The predicted molar refractivity (Wildman–Crippen MR) is 111 cm³/mol. The van der Waals surface area contributed by atoms with Crippen molar-refractivity contribution in [2.45, 2.75) is 57.3 Å². The number of aryl methyl sites for hydroxylation is 1. The van der Waals surface area contributed by atoms with Crippen molar-refractivity contribution in [1.82, 2.24) is 20.1 Å². The smallest absolute Gasteiger partial charge is 0.230 e. The zero-order chi connectivity index (χ0) is 19.2. The molecule has 0 aliphatic heterocycles. The monoisotopic (exact) mass is 384 g/mol. The van der Waals surface area contributed by atoms with Gasteiger partial charge in [-0.15, -0.1) is 16.8 Å². The lowest BCUT2D eigenvalue weighted by molar-refractivity contribution is -0.119. The van der Waals surface area contributed by atoms with Crippen molar-refractivity contribution in [1.29, 1.82) is 0 Å². The highest BCUT2D eigenvalue weighted by molar-refractivity contribution is 7.99. The minimum atomic E-state index is 0.0735. The van der Waals surface area contributed by atoms with E-state index in [2.05, 4.69) is 42.0 Å². The van der Waals surface area contributed by atoms with Gasteiger partial charge in [0, 0.05) is 18.2 Å². The third-order valence-corrected chi connectivity index (χ3v) is 6.17. The zero-order valence-electron chi connectivity index (χ0n) is 16.1. The summed E-state index contributed by atoms with van der Waals surface area (Å²) in [5, 5.41) is 12.7. The van der Waals surface area contributed by atoms with Gasteiger partial charge in [0.25, 0.3) is 0 Å². The van der Waals surface area contributed by atoms with Crippen molar-refractivity contribution in [3.8, 4) is 11.4 Å². The Kier molecular flexibility index (Phi) is 6.72. The first-order valence-corrected chi connectivity index (χ1v) is 10.6. The number of benzene rings is 1. The van der Waals surface area contributed by atoms with Crippen LogP contribution in [0.2, 0.25) is 0 Å². The molecule has 144 valence electrons. The Bertz CT molecular complexity index is 801. The van der Waals surface area contributed by atoms with Crippen LogP contribution in [0, 0.1) is 12.8 Å². The summed E-state index contributed by atoms with van der Waals surface area (Å²) in [6.45, 7) is 8.75. The molecule has 1 amide bonds. The van der Waals surface area contributed by atoms with Gasteiger partial charge in [0.1, 0.15) is 0 Å². The molecular formula is C21H28N4OS. The maximum Gasteiger partial charge on any atom is 0.230 e. The fourth-order valence-electron chi connectivity index (χ4n) is 3.62. The lowest BCUT2D eigenvalue weighted by Crippen LogP contribution is -2.41. The van der Waals surface area contributed by atoms with Gasteiger partial charge in [-0.1, -0.05) is 61.9 Å². The summed E-state index contributed by atoms with van der Waals surface area (Å²) in [5.74, 6) is 1.80. The van der Waals surface area contributed by atoms with Gasteiger partial charge in [0.2, 0.25) is 5.91 Å². The van der Waals surface area contributed by atoms with Crippen molar-refractivity contribution in [2.24, 2.45) is 5.92 Å². The second kappa shape index (κ2) is 9.22. The molecule has 1 aliphatic rings. The molecule has 1 fully saturated rings. The molecule has 1 aromatic heterocycles. The standard InChI is InChI=1S/C21H28N4OS/c1-4-13-25-20(17-11-7-5-9-15(17)2)23-24-21(25)27-14-19(26)22-18-12-8-6-10-16(18)3/h4-5,7,9,11,16,18H,1,6,8,10,12-14H2,2-3H3,(H,22,26)/t16-,18+/m1/s1. The molecule has 0 unspecified atom stereocenters. The summed E-state index contributed by atoms with van der Waals surface area (Å²) in [6.07, 6.45) is 6.59. The van der Waals surface area contributed by atoms with Crippen LogP contribution in [0.4, 0.5) is 0 Å². The van der Waals surface area contributed by atoms with Crippen LogP contribution in [-0.2, 0) is 11.3 Å². The first-order chi connectivity index (χ1) is 13.1.